The zero-order chi connectivity index (χ0) is 17.5. The fourth-order valence-corrected chi connectivity index (χ4v) is 2.33. The van der Waals surface area contributed by atoms with Gasteiger partial charge in [0.05, 0.1) is 17.7 Å². The molecule has 0 spiro atoms. The average molecular weight is 347 g/mol. The second kappa shape index (κ2) is 8.36. The maximum atomic E-state index is 12.1. The summed E-state index contributed by atoms with van der Waals surface area (Å²) in [6.07, 6.45) is 0. The lowest BCUT2D eigenvalue weighted by molar-refractivity contribution is -0.122. The molecule has 0 heterocycles. The topological polar surface area (TPSA) is 67.4 Å². The van der Waals surface area contributed by atoms with Crippen molar-refractivity contribution in [2.75, 3.05) is 7.11 Å². The van der Waals surface area contributed by atoms with Gasteiger partial charge >= 0.3 is 0 Å². The first-order valence-corrected chi connectivity index (χ1v) is 7.85. The summed E-state index contributed by atoms with van der Waals surface area (Å²) < 4.78 is 5.14. The van der Waals surface area contributed by atoms with Gasteiger partial charge in [0.15, 0.2) is 0 Å². The maximum absolute atomic E-state index is 12.1. The summed E-state index contributed by atoms with van der Waals surface area (Å²) in [6.45, 7) is 1.97. The van der Waals surface area contributed by atoms with Crippen LogP contribution in [-0.4, -0.2) is 25.0 Å². The van der Waals surface area contributed by atoms with Gasteiger partial charge in [0.1, 0.15) is 11.8 Å². The van der Waals surface area contributed by atoms with Crippen LogP contribution in [0.3, 0.4) is 0 Å². The third kappa shape index (κ3) is 4.73. The largest absolute Gasteiger partial charge is 0.497 e. The molecular weight excluding hydrogens is 328 g/mol. The third-order valence-electron chi connectivity index (χ3n) is 3.46. The van der Waals surface area contributed by atoms with E-state index in [4.69, 9.17) is 16.3 Å². The monoisotopic (exact) mass is 346 g/mol. The Bertz CT molecular complexity index is 734. The van der Waals surface area contributed by atoms with Gasteiger partial charge in [0.2, 0.25) is 5.91 Å². The van der Waals surface area contributed by atoms with Crippen molar-refractivity contribution < 1.29 is 14.3 Å². The highest BCUT2D eigenvalue weighted by molar-refractivity contribution is 6.33. The van der Waals surface area contributed by atoms with Crippen LogP contribution in [0, 0.1) is 0 Å². The highest BCUT2D eigenvalue weighted by Gasteiger charge is 2.17. The number of rotatable bonds is 6. The number of ether oxygens (including phenoxy) is 1. The van der Waals surface area contributed by atoms with Gasteiger partial charge in [-0.15, -0.1) is 0 Å². The van der Waals surface area contributed by atoms with Crippen molar-refractivity contribution in [1.29, 1.82) is 0 Å². The molecule has 0 aliphatic rings. The molecule has 0 aromatic heterocycles. The van der Waals surface area contributed by atoms with E-state index in [0.29, 0.717) is 17.1 Å². The molecule has 0 radical (unpaired) electrons. The van der Waals surface area contributed by atoms with E-state index in [2.05, 4.69) is 10.6 Å². The summed E-state index contributed by atoms with van der Waals surface area (Å²) in [4.78, 5) is 24.3. The van der Waals surface area contributed by atoms with Crippen molar-refractivity contribution in [3.8, 4) is 5.75 Å². The Hall–Kier alpha value is -2.53. The lowest BCUT2D eigenvalue weighted by atomic mass is 10.2. The molecule has 126 valence electrons. The molecule has 2 rings (SSSR count). The van der Waals surface area contributed by atoms with Crippen LogP contribution in [0.15, 0.2) is 48.5 Å². The van der Waals surface area contributed by atoms with Crippen molar-refractivity contribution in [1.82, 2.24) is 10.6 Å². The standard InChI is InChI=1S/C18H19ClN2O3/c1-12(21-18(23)15-8-3-4-9-16(15)19)17(22)20-11-13-6-5-7-14(10-13)24-2/h3-10,12H,11H2,1-2H3,(H,20,22)(H,21,23). The Morgan fingerprint density at radius 1 is 1.17 bits per heavy atom. The third-order valence-corrected chi connectivity index (χ3v) is 3.79. The van der Waals surface area contributed by atoms with Crippen molar-refractivity contribution in [2.45, 2.75) is 19.5 Å². The SMILES string of the molecule is COc1cccc(CNC(=O)C(C)NC(=O)c2ccccc2Cl)c1. The van der Waals surface area contributed by atoms with Crippen LogP contribution in [0.4, 0.5) is 0 Å². The fraction of sp³-hybridized carbons (Fsp3) is 0.222. The van der Waals surface area contributed by atoms with Crippen molar-refractivity contribution in [3.63, 3.8) is 0 Å². The van der Waals surface area contributed by atoms with E-state index in [0.717, 1.165) is 11.3 Å². The van der Waals surface area contributed by atoms with E-state index >= 15 is 0 Å². The molecule has 6 heteroatoms. The molecule has 0 fully saturated rings. The van der Waals surface area contributed by atoms with Gasteiger partial charge in [0.25, 0.3) is 5.91 Å². The number of nitrogens with one attached hydrogen (secondary N) is 2. The molecule has 2 amide bonds. The zero-order valence-corrected chi connectivity index (χ0v) is 14.3. The Labute approximate surface area is 146 Å². The smallest absolute Gasteiger partial charge is 0.253 e. The fourth-order valence-electron chi connectivity index (χ4n) is 2.11. The zero-order valence-electron chi connectivity index (χ0n) is 13.5. The van der Waals surface area contributed by atoms with Crippen molar-refractivity contribution in [3.05, 3.63) is 64.7 Å². The minimum Gasteiger partial charge on any atom is -0.497 e. The van der Waals surface area contributed by atoms with Crippen LogP contribution in [0.5, 0.6) is 5.75 Å². The molecule has 1 atom stereocenters. The van der Waals surface area contributed by atoms with Gasteiger partial charge in [-0.1, -0.05) is 35.9 Å². The van der Waals surface area contributed by atoms with Crippen LogP contribution in [0.2, 0.25) is 5.02 Å². The summed E-state index contributed by atoms with van der Waals surface area (Å²) in [5.74, 6) is 0.0599. The predicted octanol–water partition coefficient (Wildman–Crippen LogP) is 2.78. The van der Waals surface area contributed by atoms with E-state index in [1.54, 1.807) is 38.3 Å². The first-order chi connectivity index (χ1) is 11.5. The second-order valence-electron chi connectivity index (χ2n) is 5.24. The molecule has 0 saturated carbocycles. The summed E-state index contributed by atoms with van der Waals surface area (Å²) in [6, 6.07) is 13.4. The van der Waals surface area contributed by atoms with Gasteiger partial charge in [-0.05, 0) is 36.8 Å². The maximum Gasteiger partial charge on any atom is 0.253 e. The highest BCUT2D eigenvalue weighted by Crippen LogP contribution is 2.15. The van der Waals surface area contributed by atoms with Gasteiger partial charge in [0, 0.05) is 6.54 Å². The van der Waals surface area contributed by atoms with Crippen LogP contribution in [0.1, 0.15) is 22.8 Å². The number of hydrogen-bond donors (Lipinski definition) is 2. The number of methoxy groups -OCH3 is 1. The van der Waals surface area contributed by atoms with E-state index in [1.165, 1.54) is 0 Å². The van der Waals surface area contributed by atoms with E-state index in [1.807, 2.05) is 24.3 Å². The van der Waals surface area contributed by atoms with E-state index < -0.39 is 6.04 Å². The second-order valence-corrected chi connectivity index (χ2v) is 5.65. The first kappa shape index (κ1) is 17.8. The quantitative estimate of drug-likeness (QED) is 0.845. The van der Waals surface area contributed by atoms with Gasteiger partial charge in [-0.2, -0.15) is 0 Å². The lowest BCUT2D eigenvalue weighted by Gasteiger charge is -2.15. The Morgan fingerprint density at radius 3 is 2.62 bits per heavy atom. The van der Waals surface area contributed by atoms with E-state index in [-0.39, 0.29) is 11.8 Å². The highest BCUT2D eigenvalue weighted by atomic mass is 35.5. The number of benzene rings is 2. The van der Waals surface area contributed by atoms with Gasteiger partial charge in [-0.3, -0.25) is 9.59 Å². The van der Waals surface area contributed by atoms with Gasteiger partial charge < -0.3 is 15.4 Å². The normalized spacial score (nSPS) is 11.5. The minimum atomic E-state index is -0.681. The molecule has 0 saturated heterocycles. The molecule has 0 aliphatic heterocycles. The number of carbonyl (C=O) groups excluding carboxylic acids is 2. The first-order valence-electron chi connectivity index (χ1n) is 7.47. The minimum absolute atomic E-state index is 0.279. The number of carbonyl (C=O) groups is 2. The van der Waals surface area contributed by atoms with Gasteiger partial charge in [-0.25, -0.2) is 0 Å². The van der Waals surface area contributed by atoms with Crippen molar-refractivity contribution in [2.24, 2.45) is 0 Å². The summed E-state index contributed by atoms with van der Waals surface area (Å²) in [5, 5.41) is 5.76. The molecule has 2 aromatic carbocycles. The van der Waals surface area contributed by atoms with E-state index in [9.17, 15) is 9.59 Å². The van der Waals surface area contributed by atoms with Crippen LogP contribution < -0.4 is 15.4 Å². The average Bonchev–Trinajstić information content (AvgIpc) is 2.60. The summed E-state index contributed by atoms with van der Waals surface area (Å²) in [7, 11) is 1.59. The molecule has 24 heavy (non-hydrogen) atoms. The number of halogens is 1. The molecule has 2 aromatic rings. The number of hydrogen-bond acceptors (Lipinski definition) is 3. The molecule has 0 aliphatic carbocycles. The Balaban J connectivity index is 1.90. The van der Waals surface area contributed by atoms with Crippen LogP contribution in [-0.2, 0) is 11.3 Å². The summed E-state index contributed by atoms with van der Waals surface area (Å²) >= 11 is 5.98. The molecule has 2 N–H and O–H groups in total. The molecular formula is C18H19ClN2O3. The lowest BCUT2D eigenvalue weighted by Crippen LogP contribution is -2.44. The molecule has 0 bridgehead atoms. The predicted molar refractivity (Wildman–Crippen MR) is 93.2 cm³/mol. The number of amides is 2. The van der Waals surface area contributed by atoms with Crippen LogP contribution in [0.25, 0.3) is 0 Å². The molecule has 5 nitrogen and oxygen atoms in total. The van der Waals surface area contributed by atoms with Crippen LogP contribution >= 0.6 is 11.6 Å². The molecule has 1 unspecified atom stereocenters. The summed E-state index contributed by atoms with van der Waals surface area (Å²) in [5.41, 5.74) is 1.25. The Kier molecular flexibility index (Phi) is 6.21. The van der Waals surface area contributed by atoms with Crippen molar-refractivity contribution >= 4 is 23.4 Å². The Morgan fingerprint density at radius 2 is 1.92 bits per heavy atom.